The Balaban J connectivity index is 1.94. The lowest BCUT2D eigenvalue weighted by Gasteiger charge is -2.15. The minimum atomic E-state index is -0.123. The van der Waals surface area contributed by atoms with Crippen LogP contribution in [-0.2, 0) is 18.0 Å². The maximum atomic E-state index is 6.35. The van der Waals surface area contributed by atoms with E-state index in [4.69, 9.17) is 22.1 Å². The van der Waals surface area contributed by atoms with Gasteiger partial charge in [-0.05, 0) is 40.8 Å². The molecule has 0 amide bonds. The van der Waals surface area contributed by atoms with Gasteiger partial charge in [0.05, 0.1) is 19.3 Å². The van der Waals surface area contributed by atoms with Gasteiger partial charge in [-0.1, -0.05) is 41.9 Å². The molecule has 1 aliphatic heterocycles. The molecule has 2 nitrogen and oxygen atoms in total. The van der Waals surface area contributed by atoms with Gasteiger partial charge in [0.1, 0.15) is 0 Å². The summed E-state index contributed by atoms with van der Waals surface area (Å²) in [5.74, 6) is 0. The van der Waals surface area contributed by atoms with Crippen LogP contribution in [0, 0.1) is 6.92 Å². The van der Waals surface area contributed by atoms with Gasteiger partial charge >= 0.3 is 0 Å². The lowest BCUT2D eigenvalue weighted by molar-refractivity contribution is 0.134. The quantitative estimate of drug-likeness (QED) is 0.905. The fourth-order valence-electron chi connectivity index (χ4n) is 2.44. The van der Waals surface area contributed by atoms with Gasteiger partial charge in [-0.25, -0.2) is 0 Å². The fourth-order valence-corrected chi connectivity index (χ4v) is 2.56. The van der Waals surface area contributed by atoms with E-state index >= 15 is 0 Å². The predicted octanol–water partition coefficient (Wildman–Crippen LogP) is 3.73. The Bertz CT molecular complexity index is 624. The SMILES string of the molecule is Cc1cc(C(N)c2ccc3c(c2)COC3)ccc1Cl. The topological polar surface area (TPSA) is 35.2 Å². The summed E-state index contributed by atoms with van der Waals surface area (Å²) in [5, 5.41) is 0.776. The van der Waals surface area contributed by atoms with Crippen molar-refractivity contribution in [3.8, 4) is 0 Å². The summed E-state index contributed by atoms with van der Waals surface area (Å²) in [6.07, 6.45) is 0. The first-order valence-electron chi connectivity index (χ1n) is 6.36. The van der Waals surface area contributed by atoms with E-state index in [0.29, 0.717) is 13.2 Å². The zero-order chi connectivity index (χ0) is 13.4. The Kier molecular flexibility index (Phi) is 3.31. The van der Waals surface area contributed by atoms with E-state index in [9.17, 15) is 0 Å². The molecule has 1 heterocycles. The number of hydrogen-bond acceptors (Lipinski definition) is 2. The molecule has 0 aliphatic carbocycles. The Hall–Kier alpha value is -1.35. The summed E-state index contributed by atoms with van der Waals surface area (Å²) in [7, 11) is 0. The zero-order valence-electron chi connectivity index (χ0n) is 10.8. The molecule has 2 aromatic rings. The lowest BCUT2D eigenvalue weighted by Crippen LogP contribution is -2.12. The summed E-state index contributed by atoms with van der Waals surface area (Å²) in [6, 6.07) is 12.2. The first-order chi connectivity index (χ1) is 9.15. The van der Waals surface area contributed by atoms with Crippen molar-refractivity contribution in [1.82, 2.24) is 0 Å². The molecule has 2 aromatic carbocycles. The van der Waals surface area contributed by atoms with E-state index < -0.39 is 0 Å². The summed E-state index contributed by atoms with van der Waals surface area (Å²) in [4.78, 5) is 0. The molecule has 0 fully saturated rings. The smallest absolute Gasteiger partial charge is 0.0725 e. The molecule has 0 spiro atoms. The van der Waals surface area contributed by atoms with E-state index in [1.54, 1.807) is 0 Å². The second kappa shape index (κ2) is 4.97. The zero-order valence-corrected chi connectivity index (χ0v) is 11.6. The number of ether oxygens (including phenoxy) is 1. The highest BCUT2D eigenvalue weighted by Gasteiger charge is 2.15. The molecule has 2 N–H and O–H groups in total. The molecule has 0 aromatic heterocycles. The standard InChI is InChI=1S/C16H16ClNO/c1-10-6-11(4-5-15(10)17)16(18)12-2-3-13-8-19-9-14(13)7-12/h2-7,16H,8-9,18H2,1H3. The normalized spacial score (nSPS) is 15.3. The van der Waals surface area contributed by atoms with Gasteiger partial charge in [-0.3, -0.25) is 0 Å². The average Bonchev–Trinajstić information content (AvgIpc) is 2.88. The van der Waals surface area contributed by atoms with Crippen molar-refractivity contribution in [3.63, 3.8) is 0 Å². The number of aryl methyl sites for hydroxylation is 1. The third kappa shape index (κ3) is 2.39. The monoisotopic (exact) mass is 273 g/mol. The number of benzene rings is 2. The van der Waals surface area contributed by atoms with Crippen molar-refractivity contribution in [1.29, 1.82) is 0 Å². The maximum absolute atomic E-state index is 6.35. The highest BCUT2D eigenvalue weighted by molar-refractivity contribution is 6.31. The van der Waals surface area contributed by atoms with Crippen molar-refractivity contribution in [3.05, 3.63) is 69.2 Å². The molecular formula is C16H16ClNO. The van der Waals surface area contributed by atoms with E-state index in [1.165, 1.54) is 11.1 Å². The molecule has 3 heteroatoms. The molecule has 0 saturated carbocycles. The van der Waals surface area contributed by atoms with Crippen molar-refractivity contribution in [2.75, 3.05) is 0 Å². The molecule has 1 atom stereocenters. The van der Waals surface area contributed by atoms with Crippen LogP contribution in [0.15, 0.2) is 36.4 Å². The largest absolute Gasteiger partial charge is 0.372 e. The molecule has 0 radical (unpaired) electrons. The van der Waals surface area contributed by atoms with Gasteiger partial charge in [-0.15, -0.1) is 0 Å². The summed E-state index contributed by atoms with van der Waals surface area (Å²) in [6.45, 7) is 3.40. The van der Waals surface area contributed by atoms with E-state index in [2.05, 4.69) is 24.3 Å². The Morgan fingerprint density at radius 2 is 1.74 bits per heavy atom. The van der Waals surface area contributed by atoms with Gasteiger partial charge in [0.25, 0.3) is 0 Å². The molecule has 1 aliphatic rings. The maximum Gasteiger partial charge on any atom is 0.0725 e. The van der Waals surface area contributed by atoms with E-state index in [0.717, 1.165) is 21.7 Å². The van der Waals surface area contributed by atoms with Gasteiger partial charge in [0, 0.05) is 5.02 Å². The lowest BCUT2D eigenvalue weighted by atomic mass is 9.95. The number of nitrogens with two attached hydrogens (primary N) is 1. The average molecular weight is 274 g/mol. The molecule has 19 heavy (non-hydrogen) atoms. The predicted molar refractivity (Wildman–Crippen MR) is 77.2 cm³/mol. The fraction of sp³-hybridized carbons (Fsp3) is 0.250. The number of hydrogen-bond donors (Lipinski definition) is 1. The molecule has 98 valence electrons. The van der Waals surface area contributed by atoms with Crippen molar-refractivity contribution in [2.24, 2.45) is 5.73 Å². The van der Waals surface area contributed by atoms with Crippen molar-refractivity contribution in [2.45, 2.75) is 26.2 Å². The second-order valence-electron chi connectivity index (χ2n) is 5.01. The Morgan fingerprint density at radius 1 is 1.05 bits per heavy atom. The minimum absolute atomic E-state index is 0.123. The summed E-state index contributed by atoms with van der Waals surface area (Å²) in [5.41, 5.74) is 12.1. The Labute approximate surface area is 118 Å². The van der Waals surface area contributed by atoms with Crippen LogP contribution in [0.5, 0.6) is 0 Å². The van der Waals surface area contributed by atoms with Crippen LogP contribution in [-0.4, -0.2) is 0 Å². The minimum Gasteiger partial charge on any atom is -0.372 e. The van der Waals surface area contributed by atoms with Crippen LogP contribution in [0.1, 0.15) is 33.9 Å². The van der Waals surface area contributed by atoms with Gasteiger partial charge < -0.3 is 10.5 Å². The number of rotatable bonds is 2. The molecule has 1 unspecified atom stereocenters. The highest BCUT2D eigenvalue weighted by atomic mass is 35.5. The van der Waals surface area contributed by atoms with Crippen LogP contribution in [0.3, 0.4) is 0 Å². The highest BCUT2D eigenvalue weighted by Crippen LogP contribution is 2.27. The third-order valence-electron chi connectivity index (χ3n) is 3.65. The molecule has 3 rings (SSSR count). The van der Waals surface area contributed by atoms with E-state index in [1.807, 2.05) is 19.1 Å². The van der Waals surface area contributed by atoms with Crippen LogP contribution in [0.4, 0.5) is 0 Å². The van der Waals surface area contributed by atoms with Gasteiger partial charge in [0.2, 0.25) is 0 Å². The number of halogens is 1. The third-order valence-corrected chi connectivity index (χ3v) is 4.07. The molecule has 0 bridgehead atoms. The van der Waals surface area contributed by atoms with Gasteiger partial charge in [0.15, 0.2) is 0 Å². The second-order valence-corrected chi connectivity index (χ2v) is 5.41. The van der Waals surface area contributed by atoms with Crippen LogP contribution in [0.2, 0.25) is 5.02 Å². The van der Waals surface area contributed by atoms with E-state index in [-0.39, 0.29) is 6.04 Å². The van der Waals surface area contributed by atoms with Crippen molar-refractivity contribution < 1.29 is 4.74 Å². The first kappa shape index (κ1) is 12.7. The van der Waals surface area contributed by atoms with Gasteiger partial charge in [-0.2, -0.15) is 0 Å². The first-order valence-corrected chi connectivity index (χ1v) is 6.74. The number of fused-ring (bicyclic) bond motifs is 1. The van der Waals surface area contributed by atoms with Crippen LogP contribution in [0.25, 0.3) is 0 Å². The van der Waals surface area contributed by atoms with Crippen LogP contribution >= 0.6 is 11.6 Å². The van der Waals surface area contributed by atoms with Crippen LogP contribution < -0.4 is 5.73 Å². The molecule has 0 saturated heterocycles. The Morgan fingerprint density at radius 3 is 2.53 bits per heavy atom. The summed E-state index contributed by atoms with van der Waals surface area (Å²) >= 11 is 6.05. The summed E-state index contributed by atoms with van der Waals surface area (Å²) < 4.78 is 5.43. The van der Waals surface area contributed by atoms with Crippen molar-refractivity contribution >= 4 is 11.6 Å². The molecular weight excluding hydrogens is 258 g/mol.